The summed E-state index contributed by atoms with van der Waals surface area (Å²) >= 11 is 0. The molecule has 17 heavy (non-hydrogen) atoms. The minimum atomic E-state index is 0.0565. The molecule has 3 heteroatoms. The first kappa shape index (κ1) is 12.1. The molecule has 1 aromatic carbocycles. The minimum Gasteiger partial charge on any atom is -0.326 e. The minimum absolute atomic E-state index is 0.0565. The fourth-order valence-corrected chi connectivity index (χ4v) is 2.32. The number of fused-ring (bicyclic) bond motifs is 1. The van der Waals surface area contributed by atoms with Crippen molar-refractivity contribution in [2.24, 2.45) is 11.7 Å². The quantitative estimate of drug-likeness (QED) is 0.847. The van der Waals surface area contributed by atoms with Crippen LogP contribution in [0.25, 0.3) is 0 Å². The standard InChI is InChI=1S/C14H20N2O/c1-10(2)7-14(17)16-9-12(15)8-11-5-3-4-6-13(11)16/h3-6,10,12H,7-9,15H2,1-2H3. The van der Waals surface area contributed by atoms with E-state index in [9.17, 15) is 4.79 Å². The third-order valence-corrected chi connectivity index (χ3v) is 3.07. The Labute approximate surface area is 103 Å². The molecule has 1 heterocycles. The second kappa shape index (κ2) is 4.88. The van der Waals surface area contributed by atoms with Gasteiger partial charge in [0, 0.05) is 24.7 Å². The molecule has 3 nitrogen and oxygen atoms in total. The summed E-state index contributed by atoms with van der Waals surface area (Å²) in [4.78, 5) is 14.0. The second-order valence-corrected chi connectivity index (χ2v) is 5.20. The Morgan fingerprint density at radius 2 is 2.18 bits per heavy atom. The van der Waals surface area contributed by atoms with Crippen molar-refractivity contribution in [1.29, 1.82) is 0 Å². The van der Waals surface area contributed by atoms with Gasteiger partial charge < -0.3 is 10.6 Å². The molecule has 1 aromatic rings. The van der Waals surface area contributed by atoms with Gasteiger partial charge in [0.05, 0.1) is 0 Å². The summed E-state index contributed by atoms with van der Waals surface area (Å²) in [5.74, 6) is 0.565. The van der Waals surface area contributed by atoms with Gasteiger partial charge in [-0.15, -0.1) is 0 Å². The molecule has 1 unspecified atom stereocenters. The molecule has 0 fully saturated rings. The molecule has 0 aliphatic carbocycles. The molecule has 1 amide bonds. The highest BCUT2D eigenvalue weighted by Crippen LogP contribution is 2.27. The number of carbonyl (C=O) groups excluding carboxylic acids is 1. The zero-order chi connectivity index (χ0) is 12.4. The molecule has 0 bridgehead atoms. The number of para-hydroxylation sites is 1. The number of nitrogens with two attached hydrogens (primary N) is 1. The number of hydrogen-bond donors (Lipinski definition) is 1. The Morgan fingerprint density at radius 3 is 2.88 bits per heavy atom. The van der Waals surface area contributed by atoms with Crippen LogP contribution in [0.2, 0.25) is 0 Å². The number of amides is 1. The highest BCUT2D eigenvalue weighted by Gasteiger charge is 2.26. The third-order valence-electron chi connectivity index (χ3n) is 3.07. The topological polar surface area (TPSA) is 46.3 Å². The first-order valence-electron chi connectivity index (χ1n) is 6.21. The van der Waals surface area contributed by atoms with Gasteiger partial charge in [-0.25, -0.2) is 0 Å². The Bertz CT molecular complexity index is 414. The van der Waals surface area contributed by atoms with Crippen molar-refractivity contribution in [2.45, 2.75) is 32.7 Å². The molecule has 0 aromatic heterocycles. The highest BCUT2D eigenvalue weighted by atomic mass is 16.2. The number of benzene rings is 1. The molecule has 1 aliphatic heterocycles. The van der Waals surface area contributed by atoms with E-state index in [1.807, 2.05) is 23.1 Å². The molecule has 1 aliphatic rings. The lowest BCUT2D eigenvalue weighted by Gasteiger charge is -2.33. The van der Waals surface area contributed by atoms with Gasteiger partial charge in [-0.1, -0.05) is 32.0 Å². The first-order valence-corrected chi connectivity index (χ1v) is 6.21. The Morgan fingerprint density at radius 1 is 1.47 bits per heavy atom. The molecular weight excluding hydrogens is 212 g/mol. The van der Waals surface area contributed by atoms with Crippen molar-refractivity contribution in [3.05, 3.63) is 29.8 Å². The maximum Gasteiger partial charge on any atom is 0.227 e. The fourth-order valence-electron chi connectivity index (χ4n) is 2.32. The lowest BCUT2D eigenvalue weighted by molar-refractivity contribution is -0.119. The number of hydrogen-bond acceptors (Lipinski definition) is 2. The normalized spacial score (nSPS) is 19.3. The van der Waals surface area contributed by atoms with Crippen LogP contribution in [-0.4, -0.2) is 18.5 Å². The zero-order valence-electron chi connectivity index (χ0n) is 10.5. The van der Waals surface area contributed by atoms with Crippen molar-refractivity contribution >= 4 is 11.6 Å². The van der Waals surface area contributed by atoms with Gasteiger partial charge in [0.25, 0.3) is 0 Å². The van der Waals surface area contributed by atoms with E-state index in [4.69, 9.17) is 5.73 Å². The Kier molecular flexibility index (Phi) is 3.48. The van der Waals surface area contributed by atoms with E-state index in [1.54, 1.807) is 0 Å². The van der Waals surface area contributed by atoms with Crippen LogP contribution in [-0.2, 0) is 11.2 Å². The Hall–Kier alpha value is -1.35. The van der Waals surface area contributed by atoms with Gasteiger partial charge in [0.15, 0.2) is 0 Å². The SMILES string of the molecule is CC(C)CC(=O)N1CC(N)Cc2ccccc21. The van der Waals surface area contributed by atoms with Gasteiger partial charge in [-0.05, 0) is 24.0 Å². The summed E-state index contributed by atoms with van der Waals surface area (Å²) in [5, 5.41) is 0. The fraction of sp³-hybridized carbons (Fsp3) is 0.500. The number of carbonyl (C=O) groups is 1. The van der Waals surface area contributed by atoms with Crippen LogP contribution < -0.4 is 10.6 Å². The molecule has 92 valence electrons. The number of anilines is 1. The van der Waals surface area contributed by atoms with Crippen LogP contribution in [0.1, 0.15) is 25.8 Å². The molecule has 0 saturated carbocycles. The van der Waals surface area contributed by atoms with Crippen LogP contribution in [0.4, 0.5) is 5.69 Å². The monoisotopic (exact) mass is 232 g/mol. The first-order chi connectivity index (χ1) is 8.08. The largest absolute Gasteiger partial charge is 0.326 e. The van der Waals surface area contributed by atoms with E-state index in [-0.39, 0.29) is 11.9 Å². The van der Waals surface area contributed by atoms with Gasteiger partial charge in [0.2, 0.25) is 5.91 Å². The highest BCUT2D eigenvalue weighted by molar-refractivity contribution is 5.94. The van der Waals surface area contributed by atoms with E-state index in [0.717, 1.165) is 12.1 Å². The summed E-state index contributed by atoms with van der Waals surface area (Å²) in [7, 11) is 0. The maximum absolute atomic E-state index is 12.2. The average molecular weight is 232 g/mol. The van der Waals surface area contributed by atoms with Crippen LogP contribution >= 0.6 is 0 Å². The van der Waals surface area contributed by atoms with E-state index >= 15 is 0 Å². The zero-order valence-corrected chi connectivity index (χ0v) is 10.5. The van der Waals surface area contributed by atoms with E-state index in [0.29, 0.717) is 18.9 Å². The molecule has 2 rings (SSSR count). The van der Waals surface area contributed by atoms with Crippen molar-refractivity contribution in [2.75, 3.05) is 11.4 Å². The van der Waals surface area contributed by atoms with E-state index < -0.39 is 0 Å². The van der Waals surface area contributed by atoms with Gasteiger partial charge >= 0.3 is 0 Å². The van der Waals surface area contributed by atoms with Crippen LogP contribution in [0.15, 0.2) is 24.3 Å². The van der Waals surface area contributed by atoms with E-state index in [2.05, 4.69) is 19.9 Å². The van der Waals surface area contributed by atoms with Crippen molar-refractivity contribution in [3.8, 4) is 0 Å². The lowest BCUT2D eigenvalue weighted by Crippen LogP contribution is -2.46. The Balaban J connectivity index is 2.26. The molecule has 2 N–H and O–H groups in total. The second-order valence-electron chi connectivity index (χ2n) is 5.20. The van der Waals surface area contributed by atoms with E-state index in [1.165, 1.54) is 5.56 Å². The van der Waals surface area contributed by atoms with Crippen LogP contribution in [0.5, 0.6) is 0 Å². The molecule has 0 saturated heterocycles. The summed E-state index contributed by atoms with van der Waals surface area (Å²) in [5.41, 5.74) is 8.24. The molecule has 0 spiro atoms. The molecule has 0 radical (unpaired) electrons. The van der Waals surface area contributed by atoms with Crippen LogP contribution in [0.3, 0.4) is 0 Å². The molecular formula is C14H20N2O. The summed E-state index contributed by atoms with van der Waals surface area (Å²) in [6.45, 7) is 4.77. The molecule has 1 atom stereocenters. The van der Waals surface area contributed by atoms with Crippen LogP contribution in [0, 0.1) is 5.92 Å². The van der Waals surface area contributed by atoms with Crippen molar-refractivity contribution in [1.82, 2.24) is 0 Å². The summed E-state index contributed by atoms with van der Waals surface area (Å²) in [6.07, 6.45) is 1.45. The van der Waals surface area contributed by atoms with Crippen molar-refractivity contribution in [3.63, 3.8) is 0 Å². The van der Waals surface area contributed by atoms with Crippen molar-refractivity contribution < 1.29 is 4.79 Å². The predicted octanol–water partition coefficient (Wildman–Crippen LogP) is 1.95. The third kappa shape index (κ3) is 2.67. The lowest BCUT2D eigenvalue weighted by atomic mass is 9.97. The summed E-state index contributed by atoms with van der Waals surface area (Å²) < 4.78 is 0. The summed E-state index contributed by atoms with van der Waals surface area (Å²) in [6, 6.07) is 8.11. The van der Waals surface area contributed by atoms with Gasteiger partial charge in [0.1, 0.15) is 0 Å². The number of rotatable bonds is 2. The van der Waals surface area contributed by atoms with Gasteiger partial charge in [-0.2, -0.15) is 0 Å². The maximum atomic E-state index is 12.2. The van der Waals surface area contributed by atoms with Gasteiger partial charge in [-0.3, -0.25) is 4.79 Å². The average Bonchev–Trinajstić information content (AvgIpc) is 2.26. The number of nitrogens with zero attached hydrogens (tertiary/aromatic N) is 1. The smallest absolute Gasteiger partial charge is 0.227 e. The predicted molar refractivity (Wildman–Crippen MR) is 69.9 cm³/mol.